The number of nitriles is 1. The molecule has 4 nitrogen and oxygen atoms in total. The predicted octanol–water partition coefficient (Wildman–Crippen LogP) is 4.12. The standard InChI is InChI=1S/C16H12Cl2N2O2/c1-10-2-4-13(22-10)9-20-16(21)12(8-19)6-11-3-5-14(17)15(18)7-11/h2-7H,9H2,1H3,(H,20,21)/b12-6+. The average molecular weight is 335 g/mol. The number of hydrogen-bond acceptors (Lipinski definition) is 3. The summed E-state index contributed by atoms with van der Waals surface area (Å²) in [4.78, 5) is 12.0. The molecule has 22 heavy (non-hydrogen) atoms. The third kappa shape index (κ3) is 4.14. The minimum absolute atomic E-state index is 0.0262. The van der Waals surface area contributed by atoms with Crippen molar-refractivity contribution in [2.24, 2.45) is 0 Å². The lowest BCUT2D eigenvalue weighted by atomic mass is 10.1. The molecule has 0 unspecified atom stereocenters. The van der Waals surface area contributed by atoms with Gasteiger partial charge in [0.2, 0.25) is 0 Å². The summed E-state index contributed by atoms with van der Waals surface area (Å²) in [7, 11) is 0. The van der Waals surface area contributed by atoms with E-state index in [-0.39, 0.29) is 12.1 Å². The van der Waals surface area contributed by atoms with Crippen molar-refractivity contribution in [3.05, 3.63) is 63.0 Å². The molecule has 0 aliphatic rings. The molecule has 1 heterocycles. The van der Waals surface area contributed by atoms with Crippen molar-refractivity contribution in [1.82, 2.24) is 5.32 Å². The molecular weight excluding hydrogens is 323 g/mol. The van der Waals surface area contributed by atoms with Crippen molar-refractivity contribution in [3.8, 4) is 6.07 Å². The molecule has 0 bridgehead atoms. The maximum atomic E-state index is 12.0. The van der Waals surface area contributed by atoms with Crippen LogP contribution >= 0.6 is 23.2 Å². The van der Waals surface area contributed by atoms with Crippen LogP contribution in [0, 0.1) is 18.3 Å². The number of rotatable bonds is 4. The van der Waals surface area contributed by atoms with Gasteiger partial charge in [-0.05, 0) is 42.8 Å². The molecule has 2 rings (SSSR count). The highest BCUT2D eigenvalue weighted by Gasteiger charge is 2.10. The number of hydrogen-bond donors (Lipinski definition) is 1. The van der Waals surface area contributed by atoms with Crippen LogP contribution in [0.2, 0.25) is 10.0 Å². The molecule has 1 aromatic carbocycles. The van der Waals surface area contributed by atoms with Gasteiger partial charge in [0.1, 0.15) is 23.2 Å². The number of halogens is 2. The van der Waals surface area contributed by atoms with Gasteiger partial charge in [-0.25, -0.2) is 0 Å². The molecule has 2 aromatic rings. The quantitative estimate of drug-likeness (QED) is 0.675. The van der Waals surface area contributed by atoms with E-state index >= 15 is 0 Å². The van der Waals surface area contributed by atoms with Crippen LogP contribution in [0.4, 0.5) is 0 Å². The summed E-state index contributed by atoms with van der Waals surface area (Å²) >= 11 is 11.7. The summed E-state index contributed by atoms with van der Waals surface area (Å²) in [5, 5.41) is 12.5. The molecule has 0 aliphatic heterocycles. The number of aryl methyl sites for hydroxylation is 1. The average Bonchev–Trinajstić information content (AvgIpc) is 2.91. The molecule has 1 aromatic heterocycles. The lowest BCUT2D eigenvalue weighted by molar-refractivity contribution is -0.117. The topological polar surface area (TPSA) is 66.0 Å². The second kappa shape index (κ2) is 7.17. The second-order valence-electron chi connectivity index (χ2n) is 4.54. The van der Waals surface area contributed by atoms with Gasteiger partial charge in [-0.2, -0.15) is 5.26 Å². The first-order valence-electron chi connectivity index (χ1n) is 6.40. The Morgan fingerprint density at radius 1 is 1.32 bits per heavy atom. The van der Waals surface area contributed by atoms with Crippen LogP contribution in [-0.2, 0) is 11.3 Å². The highest BCUT2D eigenvalue weighted by atomic mass is 35.5. The number of nitrogens with one attached hydrogen (secondary N) is 1. The van der Waals surface area contributed by atoms with Gasteiger partial charge in [0.25, 0.3) is 5.91 Å². The second-order valence-corrected chi connectivity index (χ2v) is 5.35. The van der Waals surface area contributed by atoms with Crippen molar-refractivity contribution in [3.63, 3.8) is 0 Å². The van der Waals surface area contributed by atoms with E-state index < -0.39 is 5.91 Å². The molecule has 6 heteroatoms. The first kappa shape index (κ1) is 16.2. The van der Waals surface area contributed by atoms with Gasteiger partial charge in [-0.1, -0.05) is 29.3 Å². The number of furan rings is 1. The predicted molar refractivity (Wildman–Crippen MR) is 85.3 cm³/mol. The summed E-state index contributed by atoms with van der Waals surface area (Å²) in [6.07, 6.45) is 1.45. The van der Waals surface area contributed by atoms with E-state index in [1.807, 2.05) is 13.0 Å². The van der Waals surface area contributed by atoms with Gasteiger partial charge < -0.3 is 9.73 Å². The normalized spacial score (nSPS) is 11.1. The summed E-state index contributed by atoms with van der Waals surface area (Å²) in [5.41, 5.74) is 0.594. The maximum absolute atomic E-state index is 12.0. The van der Waals surface area contributed by atoms with Crippen LogP contribution < -0.4 is 5.32 Å². The summed E-state index contributed by atoms with van der Waals surface area (Å²) in [6.45, 7) is 2.03. The van der Waals surface area contributed by atoms with Crippen LogP contribution in [0.3, 0.4) is 0 Å². The van der Waals surface area contributed by atoms with E-state index in [0.717, 1.165) is 5.76 Å². The molecule has 0 aliphatic carbocycles. The van der Waals surface area contributed by atoms with Crippen LogP contribution in [0.25, 0.3) is 6.08 Å². The monoisotopic (exact) mass is 334 g/mol. The fourth-order valence-corrected chi connectivity index (χ4v) is 2.07. The first-order chi connectivity index (χ1) is 10.5. The Hall–Kier alpha value is -2.22. The van der Waals surface area contributed by atoms with E-state index in [0.29, 0.717) is 21.4 Å². The minimum Gasteiger partial charge on any atom is -0.465 e. The first-order valence-corrected chi connectivity index (χ1v) is 7.15. The van der Waals surface area contributed by atoms with Gasteiger partial charge in [-0.3, -0.25) is 4.79 Å². The number of carbonyl (C=O) groups is 1. The number of carbonyl (C=O) groups excluding carboxylic acids is 1. The Morgan fingerprint density at radius 3 is 2.68 bits per heavy atom. The van der Waals surface area contributed by atoms with Crippen molar-refractivity contribution in [2.75, 3.05) is 0 Å². The fourth-order valence-electron chi connectivity index (χ4n) is 1.76. The molecule has 1 N–H and O–H groups in total. The molecular formula is C16H12Cl2N2O2. The van der Waals surface area contributed by atoms with E-state index in [1.165, 1.54) is 6.08 Å². The third-order valence-electron chi connectivity index (χ3n) is 2.84. The lowest BCUT2D eigenvalue weighted by Crippen LogP contribution is -2.23. The van der Waals surface area contributed by atoms with Crippen molar-refractivity contribution in [2.45, 2.75) is 13.5 Å². The van der Waals surface area contributed by atoms with Crippen molar-refractivity contribution >= 4 is 35.2 Å². The zero-order chi connectivity index (χ0) is 16.1. The van der Waals surface area contributed by atoms with Crippen LogP contribution in [0.5, 0.6) is 0 Å². The van der Waals surface area contributed by atoms with Crippen LogP contribution in [0.15, 0.2) is 40.3 Å². The molecule has 0 atom stereocenters. The Kier molecular flexibility index (Phi) is 5.26. The highest BCUT2D eigenvalue weighted by molar-refractivity contribution is 6.42. The Morgan fingerprint density at radius 2 is 2.09 bits per heavy atom. The van der Waals surface area contributed by atoms with Gasteiger partial charge in [-0.15, -0.1) is 0 Å². The molecule has 0 fully saturated rings. The van der Waals surface area contributed by atoms with Crippen LogP contribution in [0.1, 0.15) is 17.1 Å². The van der Waals surface area contributed by atoms with Gasteiger partial charge >= 0.3 is 0 Å². The van der Waals surface area contributed by atoms with E-state index in [1.54, 1.807) is 30.3 Å². The SMILES string of the molecule is Cc1ccc(CNC(=O)/C(C#N)=C/c2ccc(Cl)c(Cl)c2)o1. The zero-order valence-corrected chi connectivity index (χ0v) is 13.2. The van der Waals surface area contributed by atoms with Gasteiger partial charge in [0, 0.05) is 0 Å². The Bertz CT molecular complexity index is 773. The van der Waals surface area contributed by atoms with E-state index in [2.05, 4.69) is 5.32 Å². The largest absolute Gasteiger partial charge is 0.465 e. The molecule has 0 saturated carbocycles. The van der Waals surface area contributed by atoms with Crippen molar-refractivity contribution in [1.29, 1.82) is 5.26 Å². The van der Waals surface area contributed by atoms with Crippen LogP contribution in [-0.4, -0.2) is 5.91 Å². The number of nitrogens with zero attached hydrogens (tertiary/aromatic N) is 1. The van der Waals surface area contributed by atoms with Gasteiger partial charge in [0.05, 0.1) is 16.6 Å². The Balaban J connectivity index is 2.09. The van der Waals surface area contributed by atoms with Crippen molar-refractivity contribution < 1.29 is 9.21 Å². The smallest absolute Gasteiger partial charge is 0.262 e. The fraction of sp³-hybridized carbons (Fsp3) is 0.125. The minimum atomic E-state index is -0.484. The highest BCUT2D eigenvalue weighted by Crippen LogP contribution is 2.23. The van der Waals surface area contributed by atoms with E-state index in [9.17, 15) is 4.79 Å². The van der Waals surface area contributed by atoms with Gasteiger partial charge in [0.15, 0.2) is 0 Å². The summed E-state index contributed by atoms with van der Waals surface area (Å²) < 4.78 is 5.35. The summed E-state index contributed by atoms with van der Waals surface area (Å²) in [5.74, 6) is 0.899. The Labute approximate surface area is 137 Å². The number of amides is 1. The molecule has 112 valence electrons. The molecule has 0 saturated heterocycles. The lowest BCUT2D eigenvalue weighted by Gasteiger charge is -2.03. The number of benzene rings is 1. The summed E-state index contributed by atoms with van der Waals surface area (Å²) in [6, 6.07) is 10.3. The zero-order valence-electron chi connectivity index (χ0n) is 11.7. The molecule has 0 spiro atoms. The molecule has 0 radical (unpaired) electrons. The maximum Gasteiger partial charge on any atom is 0.262 e. The van der Waals surface area contributed by atoms with E-state index in [4.69, 9.17) is 32.9 Å². The molecule has 1 amide bonds. The third-order valence-corrected chi connectivity index (χ3v) is 3.58.